The topological polar surface area (TPSA) is 89.7 Å². The van der Waals surface area contributed by atoms with Crippen LogP contribution in [-0.4, -0.2) is 38.1 Å². The smallest absolute Gasteiger partial charge is 0.269 e. The number of hydrogen-bond acceptors (Lipinski definition) is 5. The highest BCUT2D eigenvalue weighted by Gasteiger charge is 2.28. The van der Waals surface area contributed by atoms with Crippen LogP contribution in [0.4, 0.5) is 11.6 Å². The van der Waals surface area contributed by atoms with Crippen LogP contribution < -0.4 is 10.6 Å². The molecule has 9 heteroatoms. The molecule has 0 bridgehead atoms. The number of carbonyl (C=O) groups is 1. The number of aromatic nitrogens is 5. The number of benzene rings is 2. The van der Waals surface area contributed by atoms with E-state index >= 15 is 0 Å². The second-order valence-electron chi connectivity index (χ2n) is 8.30. The standard InChI is InChI=1S/C23H20BN7O/c1-30-19(12-25-21(30)15-6-7-15)13-2-4-14(5-3-13)20-28-23(31(24)29-20)27-17-8-9-18-16(10-17)11-26-22(18)32/h2-5,8-10,12,15H,6-7,11H2,1H3,(H,26,32)(H,27,28,29). The Bertz CT molecular complexity index is 1350. The van der Waals surface area contributed by atoms with Gasteiger partial charge in [0.25, 0.3) is 13.9 Å². The zero-order valence-electron chi connectivity index (χ0n) is 17.5. The Kier molecular flexibility index (Phi) is 4.17. The predicted molar refractivity (Wildman–Crippen MR) is 122 cm³/mol. The fraction of sp³-hybridized carbons (Fsp3) is 0.217. The van der Waals surface area contributed by atoms with E-state index in [4.69, 9.17) is 7.98 Å². The highest BCUT2D eigenvalue weighted by Crippen LogP contribution is 2.40. The van der Waals surface area contributed by atoms with Crippen LogP contribution in [0.25, 0.3) is 22.6 Å². The lowest BCUT2D eigenvalue weighted by atomic mass is 10.1. The first-order valence-electron chi connectivity index (χ1n) is 10.6. The van der Waals surface area contributed by atoms with Crippen molar-refractivity contribution in [3.05, 3.63) is 65.6 Å². The lowest BCUT2D eigenvalue weighted by Gasteiger charge is -2.06. The summed E-state index contributed by atoms with van der Waals surface area (Å²) in [7, 11) is 8.12. The maximum atomic E-state index is 11.7. The molecule has 0 atom stereocenters. The summed E-state index contributed by atoms with van der Waals surface area (Å²) in [5.74, 6) is 2.67. The maximum Gasteiger partial charge on any atom is 0.269 e. The third-order valence-corrected chi connectivity index (χ3v) is 6.08. The van der Waals surface area contributed by atoms with E-state index in [0.29, 0.717) is 29.8 Å². The first kappa shape index (κ1) is 18.9. The summed E-state index contributed by atoms with van der Waals surface area (Å²) in [5, 5.41) is 10.4. The molecule has 2 aromatic heterocycles. The molecule has 0 saturated heterocycles. The summed E-state index contributed by atoms with van der Waals surface area (Å²) in [6, 6.07) is 13.6. The molecule has 2 N–H and O–H groups in total. The van der Waals surface area contributed by atoms with Crippen LogP contribution in [0.15, 0.2) is 48.7 Å². The van der Waals surface area contributed by atoms with Gasteiger partial charge < -0.3 is 15.2 Å². The summed E-state index contributed by atoms with van der Waals surface area (Å²) >= 11 is 0. The van der Waals surface area contributed by atoms with E-state index in [0.717, 1.165) is 33.9 Å². The van der Waals surface area contributed by atoms with Crippen LogP contribution in [0.1, 0.15) is 40.5 Å². The van der Waals surface area contributed by atoms with Gasteiger partial charge in [-0.2, -0.15) is 10.1 Å². The van der Waals surface area contributed by atoms with Gasteiger partial charge in [-0.1, -0.05) is 24.3 Å². The second-order valence-corrected chi connectivity index (χ2v) is 8.30. The van der Waals surface area contributed by atoms with Gasteiger partial charge in [-0.05, 0) is 42.2 Å². The van der Waals surface area contributed by atoms with Crippen molar-refractivity contribution >= 4 is 25.5 Å². The number of nitrogens with one attached hydrogen (secondary N) is 2. The highest BCUT2D eigenvalue weighted by molar-refractivity contribution is 6.07. The molecule has 2 radical (unpaired) electrons. The van der Waals surface area contributed by atoms with Crippen LogP contribution in [0.5, 0.6) is 0 Å². The average Bonchev–Trinajstić information content (AvgIpc) is 3.34. The van der Waals surface area contributed by atoms with Gasteiger partial charge in [-0.15, -0.1) is 0 Å². The highest BCUT2D eigenvalue weighted by atomic mass is 16.1. The lowest BCUT2D eigenvalue weighted by Crippen LogP contribution is -2.12. The largest absolute Gasteiger partial charge is 0.348 e. The fourth-order valence-corrected chi connectivity index (χ4v) is 4.17. The van der Waals surface area contributed by atoms with Gasteiger partial charge in [0.15, 0.2) is 5.82 Å². The van der Waals surface area contributed by atoms with Gasteiger partial charge in [0.2, 0.25) is 5.95 Å². The predicted octanol–water partition coefficient (Wildman–Crippen LogP) is 3.14. The van der Waals surface area contributed by atoms with Crippen LogP contribution in [0.3, 0.4) is 0 Å². The number of anilines is 2. The molecule has 0 unspecified atom stereocenters. The molecule has 8 nitrogen and oxygen atoms in total. The summed E-state index contributed by atoms with van der Waals surface area (Å²) in [6.07, 6.45) is 4.40. The maximum absolute atomic E-state index is 11.7. The quantitative estimate of drug-likeness (QED) is 0.484. The molecular weight excluding hydrogens is 401 g/mol. The summed E-state index contributed by atoms with van der Waals surface area (Å²) < 4.78 is 3.41. The number of rotatable bonds is 5. The van der Waals surface area contributed by atoms with Crippen LogP contribution in [0.2, 0.25) is 0 Å². The fourth-order valence-electron chi connectivity index (χ4n) is 4.17. The Morgan fingerprint density at radius 1 is 1.12 bits per heavy atom. The van der Waals surface area contributed by atoms with Gasteiger partial charge >= 0.3 is 0 Å². The Balaban J connectivity index is 1.23. The van der Waals surface area contributed by atoms with Gasteiger partial charge in [-0.25, -0.2) is 4.98 Å². The van der Waals surface area contributed by atoms with Crippen molar-refractivity contribution in [1.82, 2.24) is 29.5 Å². The molecule has 32 heavy (non-hydrogen) atoms. The van der Waals surface area contributed by atoms with Gasteiger partial charge in [-0.3, -0.25) is 9.39 Å². The SMILES string of the molecule is [B]n1nc(-c2ccc(-c3cnc(C4CC4)n3C)cc2)nc1Nc1ccc2c(c1)CNC2=O. The molecule has 1 aliphatic heterocycles. The Morgan fingerprint density at radius 3 is 2.69 bits per heavy atom. The molecule has 3 heterocycles. The second kappa shape index (κ2) is 7.08. The third kappa shape index (κ3) is 3.17. The number of fused-ring (bicyclic) bond motifs is 1. The molecule has 1 fully saturated rings. The van der Waals surface area contributed by atoms with E-state index in [1.807, 2.05) is 30.5 Å². The summed E-state index contributed by atoms with van der Waals surface area (Å²) in [5.41, 5.74) is 5.51. The molecule has 1 saturated carbocycles. The van der Waals surface area contributed by atoms with E-state index in [1.165, 1.54) is 17.4 Å². The molecule has 4 aromatic rings. The molecule has 2 aliphatic rings. The number of hydrogen-bond donors (Lipinski definition) is 2. The van der Waals surface area contributed by atoms with Crippen molar-refractivity contribution in [1.29, 1.82) is 0 Å². The molecule has 6 rings (SSSR count). The van der Waals surface area contributed by atoms with E-state index < -0.39 is 0 Å². The molecular formula is C23H20BN7O. The van der Waals surface area contributed by atoms with E-state index in [9.17, 15) is 4.79 Å². The van der Waals surface area contributed by atoms with Crippen molar-refractivity contribution in [2.45, 2.75) is 25.3 Å². The molecule has 1 aliphatic carbocycles. The van der Waals surface area contributed by atoms with E-state index in [2.05, 4.69) is 49.4 Å². The van der Waals surface area contributed by atoms with Gasteiger partial charge in [0, 0.05) is 36.3 Å². The van der Waals surface area contributed by atoms with Crippen LogP contribution in [-0.2, 0) is 13.6 Å². The van der Waals surface area contributed by atoms with Gasteiger partial charge in [0.05, 0.1) is 11.9 Å². The van der Waals surface area contributed by atoms with Gasteiger partial charge in [0.1, 0.15) is 5.82 Å². The van der Waals surface area contributed by atoms with Crippen LogP contribution >= 0.6 is 0 Å². The Hall–Kier alpha value is -3.88. The number of carbonyl (C=O) groups excluding carboxylic acids is 1. The summed E-state index contributed by atoms with van der Waals surface area (Å²) in [4.78, 5) is 20.9. The first-order valence-corrected chi connectivity index (χ1v) is 10.6. The number of imidazole rings is 1. The van der Waals surface area contributed by atoms with Crippen molar-refractivity contribution in [3.8, 4) is 22.6 Å². The van der Waals surface area contributed by atoms with Crippen molar-refractivity contribution in [3.63, 3.8) is 0 Å². The van der Waals surface area contributed by atoms with E-state index in [1.54, 1.807) is 6.07 Å². The van der Waals surface area contributed by atoms with E-state index in [-0.39, 0.29) is 5.91 Å². The third-order valence-electron chi connectivity index (χ3n) is 6.08. The molecule has 156 valence electrons. The van der Waals surface area contributed by atoms with Crippen molar-refractivity contribution in [2.75, 3.05) is 5.32 Å². The minimum absolute atomic E-state index is 0.0471. The van der Waals surface area contributed by atoms with Crippen molar-refractivity contribution < 1.29 is 4.79 Å². The number of amides is 1. The molecule has 0 spiro atoms. The number of nitrogens with zero attached hydrogens (tertiary/aromatic N) is 5. The monoisotopic (exact) mass is 421 g/mol. The minimum atomic E-state index is -0.0471. The molecule has 2 aromatic carbocycles. The van der Waals surface area contributed by atoms with Crippen molar-refractivity contribution in [2.24, 2.45) is 7.05 Å². The zero-order chi connectivity index (χ0) is 21.8. The first-order chi connectivity index (χ1) is 15.6. The lowest BCUT2D eigenvalue weighted by molar-refractivity contribution is 0.0966. The summed E-state index contributed by atoms with van der Waals surface area (Å²) in [6.45, 7) is 0.523. The Morgan fingerprint density at radius 2 is 1.91 bits per heavy atom. The normalized spacial score (nSPS) is 15.0. The minimum Gasteiger partial charge on any atom is -0.348 e. The molecule has 1 amide bonds. The van der Waals surface area contributed by atoms with Crippen LogP contribution in [0, 0.1) is 0 Å². The average molecular weight is 421 g/mol. The Labute approximate surface area is 186 Å². The zero-order valence-corrected chi connectivity index (χ0v) is 17.5.